The Balaban J connectivity index is 4.97. The highest BCUT2D eigenvalue weighted by Crippen LogP contribution is 2.22. The average Bonchev–Trinajstić information content (AvgIpc) is 2.02. The minimum absolute atomic E-state index is 0.620. The van der Waals surface area contributed by atoms with Crippen molar-refractivity contribution >= 4 is 12.6 Å². The number of alkyl halides is 1. The number of hydrogen-bond donors (Lipinski definition) is 1. The topological polar surface area (TPSA) is 0 Å². The molecule has 0 amide bonds. The zero-order valence-corrected chi connectivity index (χ0v) is 8.94. The van der Waals surface area contributed by atoms with Crippen LogP contribution in [0.2, 0.25) is 0 Å². The number of halogens is 1. The first-order valence-corrected chi connectivity index (χ1v) is 4.50. The number of rotatable bonds is 4. The van der Waals surface area contributed by atoms with Crippen LogP contribution in [0.25, 0.3) is 0 Å². The molecule has 0 fully saturated rings. The lowest BCUT2D eigenvalue weighted by Gasteiger charge is -2.07. The van der Waals surface area contributed by atoms with Crippen molar-refractivity contribution in [2.75, 3.05) is 0 Å². The van der Waals surface area contributed by atoms with Gasteiger partial charge >= 0.3 is 0 Å². The molecule has 0 aromatic carbocycles. The summed E-state index contributed by atoms with van der Waals surface area (Å²) in [6.45, 7) is 10.6. The maximum atomic E-state index is 12.7. The second-order valence-corrected chi connectivity index (χ2v) is 3.19. The van der Waals surface area contributed by atoms with E-state index in [1.54, 1.807) is 6.08 Å². The van der Waals surface area contributed by atoms with Gasteiger partial charge in [-0.2, -0.15) is 0 Å². The molecule has 13 heavy (non-hydrogen) atoms. The van der Waals surface area contributed by atoms with Crippen LogP contribution in [0.15, 0.2) is 47.4 Å². The second-order valence-electron chi connectivity index (χ2n) is 2.65. The zero-order valence-electron chi connectivity index (χ0n) is 8.05. The van der Waals surface area contributed by atoms with Gasteiger partial charge in [-0.15, -0.1) is 12.6 Å². The largest absolute Gasteiger partial charge is 0.243 e. The highest BCUT2D eigenvalue weighted by atomic mass is 32.1. The van der Waals surface area contributed by atoms with E-state index in [-0.39, 0.29) is 0 Å². The van der Waals surface area contributed by atoms with Crippen LogP contribution in [0.1, 0.15) is 13.8 Å². The summed E-state index contributed by atoms with van der Waals surface area (Å²) in [7, 11) is 0. The Hall–Kier alpha value is -0.760. The highest BCUT2D eigenvalue weighted by molar-refractivity contribution is 7.84. The molecule has 0 rings (SSSR count). The maximum absolute atomic E-state index is 12.7. The Morgan fingerprint density at radius 2 is 2.08 bits per heavy atom. The minimum Gasteiger partial charge on any atom is -0.243 e. The van der Waals surface area contributed by atoms with Crippen molar-refractivity contribution in [2.24, 2.45) is 0 Å². The number of hydrogen-bond acceptors (Lipinski definition) is 1. The number of allylic oxidation sites excluding steroid dienone is 5. The third-order valence-corrected chi connectivity index (χ3v) is 1.78. The molecule has 0 N–H and O–H groups in total. The van der Waals surface area contributed by atoms with Gasteiger partial charge in [0.15, 0.2) is 0 Å². The van der Waals surface area contributed by atoms with Crippen LogP contribution in [0.4, 0.5) is 4.39 Å². The summed E-state index contributed by atoms with van der Waals surface area (Å²) in [5, 5.41) is 0. The van der Waals surface area contributed by atoms with Crippen LogP contribution in [-0.4, -0.2) is 6.17 Å². The summed E-state index contributed by atoms with van der Waals surface area (Å²) in [4.78, 5) is 0.620. The van der Waals surface area contributed by atoms with Crippen LogP contribution in [-0.2, 0) is 0 Å². The Kier molecular flexibility index (Phi) is 5.47. The van der Waals surface area contributed by atoms with E-state index in [1.165, 1.54) is 13.0 Å². The van der Waals surface area contributed by atoms with E-state index in [2.05, 4.69) is 25.8 Å². The molecular formula is C11H15FS. The number of thiol groups is 1. The third kappa shape index (κ3) is 4.13. The minimum atomic E-state index is -0.990. The molecule has 0 saturated heterocycles. The van der Waals surface area contributed by atoms with Gasteiger partial charge in [0, 0.05) is 4.91 Å². The summed E-state index contributed by atoms with van der Waals surface area (Å²) >= 11 is 4.11. The van der Waals surface area contributed by atoms with Gasteiger partial charge in [0.05, 0.1) is 0 Å². The van der Waals surface area contributed by atoms with Crippen LogP contribution in [0.5, 0.6) is 0 Å². The SMILES string of the molecule is C=CC(=C/C(C)F)/C(=C\C)C(=C)S. The van der Waals surface area contributed by atoms with Gasteiger partial charge in [0.25, 0.3) is 0 Å². The predicted octanol–water partition coefficient (Wildman–Crippen LogP) is 3.85. The smallest absolute Gasteiger partial charge is 0.116 e. The van der Waals surface area contributed by atoms with Crippen LogP contribution >= 0.6 is 12.6 Å². The molecule has 0 aliphatic rings. The van der Waals surface area contributed by atoms with E-state index in [0.29, 0.717) is 4.91 Å². The Labute approximate surface area is 85.0 Å². The molecule has 1 unspecified atom stereocenters. The molecule has 0 aliphatic heterocycles. The molecule has 2 heteroatoms. The summed E-state index contributed by atoms with van der Waals surface area (Å²) in [6.07, 6.45) is 3.94. The van der Waals surface area contributed by atoms with E-state index in [9.17, 15) is 4.39 Å². The van der Waals surface area contributed by atoms with Gasteiger partial charge in [0.1, 0.15) is 6.17 Å². The summed E-state index contributed by atoms with van der Waals surface area (Å²) in [6, 6.07) is 0. The normalized spacial score (nSPS) is 15.4. The van der Waals surface area contributed by atoms with Crippen molar-refractivity contribution in [1.82, 2.24) is 0 Å². The van der Waals surface area contributed by atoms with Crippen LogP contribution < -0.4 is 0 Å². The van der Waals surface area contributed by atoms with E-state index in [1.807, 2.05) is 13.0 Å². The van der Waals surface area contributed by atoms with Crippen molar-refractivity contribution in [3.8, 4) is 0 Å². The maximum Gasteiger partial charge on any atom is 0.116 e. The molecule has 0 aromatic heterocycles. The molecule has 0 nitrogen and oxygen atoms in total. The molecule has 0 heterocycles. The first-order chi connectivity index (χ1) is 6.02. The fraction of sp³-hybridized carbons (Fsp3) is 0.273. The Morgan fingerprint density at radius 1 is 1.54 bits per heavy atom. The van der Waals surface area contributed by atoms with E-state index < -0.39 is 6.17 Å². The fourth-order valence-electron chi connectivity index (χ4n) is 1.02. The molecule has 0 saturated carbocycles. The molecule has 72 valence electrons. The third-order valence-electron chi connectivity index (χ3n) is 1.54. The van der Waals surface area contributed by atoms with Gasteiger partial charge in [-0.25, -0.2) is 4.39 Å². The van der Waals surface area contributed by atoms with E-state index >= 15 is 0 Å². The quantitative estimate of drug-likeness (QED) is 0.515. The molecular weight excluding hydrogens is 183 g/mol. The van der Waals surface area contributed by atoms with Gasteiger partial charge in [-0.1, -0.05) is 25.3 Å². The molecule has 0 bridgehead atoms. The van der Waals surface area contributed by atoms with E-state index in [0.717, 1.165) is 11.1 Å². The van der Waals surface area contributed by atoms with Gasteiger partial charge in [-0.05, 0) is 31.1 Å². The van der Waals surface area contributed by atoms with Crippen molar-refractivity contribution in [1.29, 1.82) is 0 Å². The van der Waals surface area contributed by atoms with Crippen molar-refractivity contribution in [2.45, 2.75) is 20.0 Å². The zero-order chi connectivity index (χ0) is 10.4. The fourth-order valence-corrected chi connectivity index (χ4v) is 1.27. The molecule has 0 aromatic rings. The van der Waals surface area contributed by atoms with Crippen LogP contribution in [0.3, 0.4) is 0 Å². The van der Waals surface area contributed by atoms with Gasteiger partial charge in [-0.3, -0.25) is 0 Å². The molecule has 0 radical (unpaired) electrons. The molecule has 0 spiro atoms. The predicted molar refractivity (Wildman–Crippen MR) is 60.7 cm³/mol. The molecule has 0 aliphatic carbocycles. The average molecular weight is 198 g/mol. The van der Waals surface area contributed by atoms with Crippen molar-refractivity contribution < 1.29 is 4.39 Å². The van der Waals surface area contributed by atoms with E-state index in [4.69, 9.17) is 0 Å². The lowest BCUT2D eigenvalue weighted by molar-refractivity contribution is 0.429. The Bertz CT molecular complexity index is 259. The second kappa shape index (κ2) is 5.81. The van der Waals surface area contributed by atoms with Crippen molar-refractivity contribution in [3.63, 3.8) is 0 Å². The monoisotopic (exact) mass is 198 g/mol. The Morgan fingerprint density at radius 3 is 2.31 bits per heavy atom. The van der Waals surface area contributed by atoms with Crippen LogP contribution in [0, 0.1) is 0 Å². The lowest BCUT2D eigenvalue weighted by atomic mass is 10.0. The summed E-state index contributed by atoms with van der Waals surface area (Å²) < 4.78 is 12.7. The van der Waals surface area contributed by atoms with Gasteiger partial charge in [0.2, 0.25) is 0 Å². The summed E-state index contributed by atoms with van der Waals surface area (Å²) in [5.74, 6) is 0. The van der Waals surface area contributed by atoms with Crippen molar-refractivity contribution in [3.05, 3.63) is 47.4 Å². The standard InChI is InChI=1S/C11H15FS/c1-5-10(7-8(3)12)11(6-2)9(4)13/h5-8,13H,1,4H2,2-3H3/b10-7-,11-6-. The summed E-state index contributed by atoms with van der Waals surface area (Å²) in [5.41, 5.74) is 1.56. The lowest BCUT2D eigenvalue weighted by Crippen LogP contribution is -1.92. The highest BCUT2D eigenvalue weighted by Gasteiger charge is 2.03. The first-order valence-electron chi connectivity index (χ1n) is 4.06. The van der Waals surface area contributed by atoms with Gasteiger partial charge < -0.3 is 0 Å². The first kappa shape index (κ1) is 12.2. The molecule has 1 atom stereocenters.